The highest BCUT2D eigenvalue weighted by Gasteiger charge is 1.99. The van der Waals surface area contributed by atoms with Crippen LogP contribution in [-0.2, 0) is 9.47 Å². The number of methoxy groups -OCH3 is 1. The molecule has 0 aliphatic rings. The molecule has 0 aromatic heterocycles. The average Bonchev–Trinajstić information content (AvgIpc) is 2.16. The molecule has 0 aromatic carbocycles. The molecule has 0 heterocycles. The van der Waals surface area contributed by atoms with Gasteiger partial charge in [0, 0.05) is 13.7 Å². The average molecular weight is 217 g/mol. The molecule has 0 saturated carbocycles. The SMILES string of the molecule is COCC(C)OCCCCNCC(C)C. The Bertz CT molecular complexity index is 129. The summed E-state index contributed by atoms with van der Waals surface area (Å²) in [6.45, 7) is 10.2. The fourth-order valence-electron chi connectivity index (χ4n) is 1.31. The highest BCUT2D eigenvalue weighted by atomic mass is 16.5. The summed E-state index contributed by atoms with van der Waals surface area (Å²) < 4.78 is 10.5. The van der Waals surface area contributed by atoms with E-state index in [2.05, 4.69) is 19.2 Å². The van der Waals surface area contributed by atoms with Gasteiger partial charge in [-0.05, 0) is 38.8 Å². The van der Waals surface area contributed by atoms with Crippen LogP contribution in [0.4, 0.5) is 0 Å². The molecule has 3 nitrogen and oxygen atoms in total. The number of hydrogen-bond acceptors (Lipinski definition) is 3. The number of nitrogens with one attached hydrogen (secondary N) is 1. The minimum atomic E-state index is 0.221. The summed E-state index contributed by atoms with van der Waals surface area (Å²) in [5.41, 5.74) is 0. The number of ether oxygens (including phenoxy) is 2. The first kappa shape index (κ1) is 14.9. The van der Waals surface area contributed by atoms with E-state index in [-0.39, 0.29) is 6.10 Å². The Morgan fingerprint density at radius 1 is 1.13 bits per heavy atom. The zero-order valence-electron chi connectivity index (χ0n) is 10.7. The van der Waals surface area contributed by atoms with Crippen LogP contribution in [-0.4, -0.2) is 39.5 Å². The molecule has 0 amide bonds. The molecule has 3 heteroatoms. The van der Waals surface area contributed by atoms with E-state index in [1.54, 1.807) is 7.11 Å². The first-order valence-corrected chi connectivity index (χ1v) is 5.98. The zero-order chi connectivity index (χ0) is 11.5. The molecule has 0 fully saturated rings. The Morgan fingerprint density at radius 2 is 1.87 bits per heavy atom. The minimum absolute atomic E-state index is 0.221. The molecule has 0 aliphatic carbocycles. The maximum Gasteiger partial charge on any atom is 0.0780 e. The van der Waals surface area contributed by atoms with E-state index in [4.69, 9.17) is 9.47 Å². The second kappa shape index (κ2) is 10.4. The molecule has 0 bridgehead atoms. The lowest BCUT2D eigenvalue weighted by Crippen LogP contribution is -2.21. The van der Waals surface area contributed by atoms with Gasteiger partial charge in [-0.3, -0.25) is 0 Å². The van der Waals surface area contributed by atoms with Crippen molar-refractivity contribution in [2.24, 2.45) is 5.92 Å². The highest BCUT2D eigenvalue weighted by molar-refractivity contribution is 4.52. The summed E-state index contributed by atoms with van der Waals surface area (Å²) in [6, 6.07) is 0. The number of hydrogen-bond donors (Lipinski definition) is 1. The van der Waals surface area contributed by atoms with Gasteiger partial charge in [-0.15, -0.1) is 0 Å². The van der Waals surface area contributed by atoms with Crippen molar-refractivity contribution in [1.82, 2.24) is 5.32 Å². The van der Waals surface area contributed by atoms with Crippen molar-refractivity contribution < 1.29 is 9.47 Å². The summed E-state index contributed by atoms with van der Waals surface area (Å²) in [7, 11) is 1.70. The first-order chi connectivity index (χ1) is 7.16. The van der Waals surface area contributed by atoms with E-state index in [9.17, 15) is 0 Å². The largest absolute Gasteiger partial charge is 0.382 e. The standard InChI is InChI=1S/C12H27NO2/c1-11(2)9-13-7-5-6-8-15-12(3)10-14-4/h11-13H,5-10H2,1-4H3. The Labute approximate surface area is 94.5 Å². The first-order valence-electron chi connectivity index (χ1n) is 5.98. The Hall–Kier alpha value is -0.120. The Balaban J connectivity index is 3.04. The van der Waals surface area contributed by atoms with Crippen LogP contribution < -0.4 is 5.32 Å². The quantitative estimate of drug-likeness (QED) is 0.568. The van der Waals surface area contributed by atoms with E-state index >= 15 is 0 Å². The van der Waals surface area contributed by atoms with Gasteiger partial charge < -0.3 is 14.8 Å². The second-order valence-corrected chi connectivity index (χ2v) is 4.44. The fraction of sp³-hybridized carbons (Fsp3) is 1.00. The van der Waals surface area contributed by atoms with Crippen molar-refractivity contribution >= 4 is 0 Å². The minimum Gasteiger partial charge on any atom is -0.382 e. The Kier molecular flexibility index (Phi) is 10.3. The summed E-state index contributed by atoms with van der Waals surface area (Å²) in [4.78, 5) is 0. The van der Waals surface area contributed by atoms with Gasteiger partial charge in [0.05, 0.1) is 12.7 Å². The van der Waals surface area contributed by atoms with Crippen LogP contribution in [0.2, 0.25) is 0 Å². The van der Waals surface area contributed by atoms with Crippen molar-refractivity contribution in [1.29, 1.82) is 0 Å². The second-order valence-electron chi connectivity index (χ2n) is 4.44. The highest BCUT2D eigenvalue weighted by Crippen LogP contribution is 1.95. The Morgan fingerprint density at radius 3 is 2.47 bits per heavy atom. The topological polar surface area (TPSA) is 30.5 Å². The van der Waals surface area contributed by atoms with E-state index in [1.807, 2.05) is 6.92 Å². The molecule has 1 unspecified atom stereocenters. The van der Waals surface area contributed by atoms with Crippen LogP contribution in [0.3, 0.4) is 0 Å². The van der Waals surface area contributed by atoms with Crippen LogP contribution >= 0.6 is 0 Å². The molecule has 92 valence electrons. The molecule has 1 N–H and O–H groups in total. The van der Waals surface area contributed by atoms with Crippen molar-refractivity contribution in [3.05, 3.63) is 0 Å². The summed E-state index contributed by atoms with van der Waals surface area (Å²) in [6.07, 6.45) is 2.53. The van der Waals surface area contributed by atoms with E-state index in [0.29, 0.717) is 6.61 Å². The van der Waals surface area contributed by atoms with Crippen LogP contribution in [0.15, 0.2) is 0 Å². The fourth-order valence-corrected chi connectivity index (χ4v) is 1.31. The lowest BCUT2D eigenvalue weighted by Gasteiger charge is -2.12. The van der Waals surface area contributed by atoms with Crippen LogP contribution in [0.25, 0.3) is 0 Å². The van der Waals surface area contributed by atoms with Crippen molar-refractivity contribution in [2.45, 2.75) is 39.7 Å². The van der Waals surface area contributed by atoms with Crippen LogP contribution in [0, 0.1) is 5.92 Å². The van der Waals surface area contributed by atoms with Gasteiger partial charge in [0.2, 0.25) is 0 Å². The molecular weight excluding hydrogens is 190 g/mol. The maximum absolute atomic E-state index is 5.56. The van der Waals surface area contributed by atoms with E-state index in [1.165, 1.54) is 6.42 Å². The third-order valence-corrected chi connectivity index (χ3v) is 2.10. The van der Waals surface area contributed by atoms with Gasteiger partial charge in [0.25, 0.3) is 0 Å². The zero-order valence-corrected chi connectivity index (χ0v) is 10.7. The lowest BCUT2D eigenvalue weighted by atomic mass is 10.2. The molecule has 0 spiro atoms. The molecule has 0 radical (unpaired) electrons. The number of rotatable bonds is 10. The molecule has 0 aromatic rings. The van der Waals surface area contributed by atoms with Gasteiger partial charge in [-0.2, -0.15) is 0 Å². The maximum atomic E-state index is 5.56. The summed E-state index contributed by atoms with van der Waals surface area (Å²) >= 11 is 0. The van der Waals surface area contributed by atoms with Crippen molar-refractivity contribution in [3.63, 3.8) is 0 Å². The van der Waals surface area contributed by atoms with Crippen LogP contribution in [0.1, 0.15) is 33.6 Å². The normalized spacial score (nSPS) is 13.4. The van der Waals surface area contributed by atoms with Gasteiger partial charge in [-0.1, -0.05) is 13.8 Å². The molecule has 0 saturated heterocycles. The third-order valence-electron chi connectivity index (χ3n) is 2.10. The number of unbranched alkanes of at least 4 members (excludes halogenated alkanes) is 1. The van der Waals surface area contributed by atoms with Crippen molar-refractivity contribution in [3.8, 4) is 0 Å². The predicted molar refractivity (Wildman–Crippen MR) is 64.2 cm³/mol. The van der Waals surface area contributed by atoms with Gasteiger partial charge in [-0.25, -0.2) is 0 Å². The smallest absolute Gasteiger partial charge is 0.0780 e. The van der Waals surface area contributed by atoms with E-state index in [0.717, 1.165) is 32.0 Å². The summed E-state index contributed by atoms with van der Waals surface area (Å²) in [5.74, 6) is 0.739. The molecule has 0 aliphatic heterocycles. The van der Waals surface area contributed by atoms with E-state index < -0.39 is 0 Å². The van der Waals surface area contributed by atoms with Gasteiger partial charge in [0.1, 0.15) is 0 Å². The van der Waals surface area contributed by atoms with Gasteiger partial charge in [0.15, 0.2) is 0 Å². The van der Waals surface area contributed by atoms with Crippen LogP contribution in [0.5, 0.6) is 0 Å². The monoisotopic (exact) mass is 217 g/mol. The lowest BCUT2D eigenvalue weighted by molar-refractivity contribution is 0.00781. The van der Waals surface area contributed by atoms with Crippen molar-refractivity contribution in [2.75, 3.05) is 33.4 Å². The predicted octanol–water partition coefficient (Wildman–Crippen LogP) is 2.06. The molecule has 1 atom stereocenters. The van der Waals surface area contributed by atoms with Gasteiger partial charge >= 0.3 is 0 Å². The molecular formula is C12H27NO2. The third kappa shape index (κ3) is 11.8. The molecule has 0 rings (SSSR count). The summed E-state index contributed by atoms with van der Waals surface area (Å²) in [5, 5.41) is 3.42. The molecule has 15 heavy (non-hydrogen) atoms.